The van der Waals surface area contributed by atoms with E-state index in [0.29, 0.717) is 11.9 Å². The molecule has 0 bridgehead atoms. The number of carboxylic acid groups (broad SMARTS) is 1. The molecule has 1 radical (unpaired) electrons. The molecular formula is C6H10NO2Se. The Kier molecular flexibility index (Phi) is 5.30. The van der Waals surface area contributed by atoms with E-state index in [1.165, 1.54) is 0 Å². The van der Waals surface area contributed by atoms with Crippen molar-refractivity contribution in [1.82, 2.24) is 5.32 Å². The fraction of sp³-hybridized carbons (Fsp3) is 0.500. The quantitative estimate of drug-likeness (QED) is 0.485. The first-order chi connectivity index (χ1) is 4.72. The van der Waals surface area contributed by atoms with Gasteiger partial charge >= 0.3 is 67.8 Å². The third-order valence-corrected chi connectivity index (χ3v) is 1.67. The SMILES string of the molecule is C=CCN[C@@H](C[Se])C(=O)O. The summed E-state index contributed by atoms with van der Waals surface area (Å²) in [7, 11) is 0. The topological polar surface area (TPSA) is 49.3 Å². The van der Waals surface area contributed by atoms with E-state index in [0.717, 1.165) is 0 Å². The average molecular weight is 207 g/mol. The van der Waals surface area contributed by atoms with E-state index in [4.69, 9.17) is 5.11 Å². The summed E-state index contributed by atoms with van der Waals surface area (Å²) in [6.45, 7) is 3.99. The van der Waals surface area contributed by atoms with Gasteiger partial charge in [-0.2, -0.15) is 0 Å². The van der Waals surface area contributed by atoms with Crippen LogP contribution in [0, 0.1) is 0 Å². The van der Waals surface area contributed by atoms with Crippen LogP contribution in [0.15, 0.2) is 12.7 Å². The van der Waals surface area contributed by atoms with Crippen LogP contribution in [0.3, 0.4) is 0 Å². The van der Waals surface area contributed by atoms with Crippen LogP contribution in [0.4, 0.5) is 0 Å². The van der Waals surface area contributed by atoms with Gasteiger partial charge < -0.3 is 0 Å². The maximum atomic E-state index is 10.3. The van der Waals surface area contributed by atoms with E-state index < -0.39 is 12.0 Å². The Balaban J connectivity index is 3.60. The van der Waals surface area contributed by atoms with Crippen LogP contribution in [0.2, 0.25) is 5.32 Å². The second kappa shape index (κ2) is 5.47. The zero-order valence-electron chi connectivity index (χ0n) is 5.54. The molecule has 0 aromatic heterocycles. The molecular weight excluding hydrogens is 197 g/mol. The van der Waals surface area contributed by atoms with Crippen molar-refractivity contribution in [2.75, 3.05) is 6.54 Å². The Morgan fingerprint density at radius 1 is 1.90 bits per heavy atom. The first-order valence-electron chi connectivity index (χ1n) is 2.87. The molecule has 0 saturated heterocycles. The van der Waals surface area contributed by atoms with Crippen LogP contribution in [-0.2, 0) is 4.79 Å². The second-order valence-corrected chi connectivity index (χ2v) is 2.45. The third kappa shape index (κ3) is 3.67. The van der Waals surface area contributed by atoms with E-state index in [1.54, 1.807) is 6.08 Å². The van der Waals surface area contributed by atoms with Crippen LogP contribution in [0.5, 0.6) is 0 Å². The summed E-state index contributed by atoms with van der Waals surface area (Å²) in [5.41, 5.74) is 0. The molecule has 3 nitrogen and oxygen atoms in total. The summed E-state index contributed by atoms with van der Waals surface area (Å²) in [6, 6.07) is -0.488. The number of nitrogens with one attached hydrogen (secondary N) is 1. The molecule has 0 amide bonds. The first kappa shape index (κ1) is 9.69. The molecule has 4 heteroatoms. The molecule has 57 valence electrons. The standard InChI is InChI=1S/C6H10NO2Se/c1-2-3-7-5(4-10)6(8)9/h2,5,7H,1,3-4H2,(H,8,9)/t5-/m0/s1. The van der Waals surface area contributed by atoms with Gasteiger partial charge in [-0.1, -0.05) is 0 Å². The van der Waals surface area contributed by atoms with Crippen molar-refractivity contribution in [3.63, 3.8) is 0 Å². The van der Waals surface area contributed by atoms with Gasteiger partial charge in [0.25, 0.3) is 0 Å². The minimum atomic E-state index is -0.833. The van der Waals surface area contributed by atoms with E-state index in [9.17, 15) is 4.79 Å². The van der Waals surface area contributed by atoms with Crippen molar-refractivity contribution in [3.05, 3.63) is 12.7 Å². The van der Waals surface area contributed by atoms with E-state index in [1.807, 2.05) is 0 Å². The van der Waals surface area contributed by atoms with Crippen molar-refractivity contribution < 1.29 is 9.90 Å². The predicted molar refractivity (Wildman–Crippen MR) is 40.2 cm³/mol. The molecule has 1 atom stereocenters. The zero-order chi connectivity index (χ0) is 7.98. The molecule has 0 aliphatic carbocycles. The van der Waals surface area contributed by atoms with Crippen LogP contribution in [0.25, 0.3) is 0 Å². The van der Waals surface area contributed by atoms with Crippen molar-refractivity contribution in [2.24, 2.45) is 0 Å². The zero-order valence-corrected chi connectivity index (χ0v) is 7.25. The summed E-state index contributed by atoms with van der Waals surface area (Å²) in [5.74, 6) is -0.833. The molecule has 0 spiro atoms. The Labute approximate surface area is 68.3 Å². The normalized spacial score (nSPS) is 12.5. The molecule has 0 aliphatic rings. The molecule has 0 aliphatic heterocycles. The van der Waals surface area contributed by atoms with Crippen molar-refractivity contribution >= 4 is 22.0 Å². The Hall–Kier alpha value is -0.311. The van der Waals surface area contributed by atoms with Gasteiger partial charge in [-0.3, -0.25) is 0 Å². The first-order valence-corrected chi connectivity index (χ1v) is 4.08. The van der Waals surface area contributed by atoms with Gasteiger partial charge in [0, 0.05) is 0 Å². The van der Waals surface area contributed by atoms with Gasteiger partial charge in [-0.15, -0.1) is 0 Å². The number of hydrogen-bond acceptors (Lipinski definition) is 2. The molecule has 0 unspecified atom stereocenters. The number of carboxylic acids is 1. The van der Waals surface area contributed by atoms with Crippen LogP contribution >= 0.6 is 0 Å². The second-order valence-electron chi connectivity index (χ2n) is 1.75. The maximum absolute atomic E-state index is 10.3. The summed E-state index contributed by atoms with van der Waals surface area (Å²) < 4.78 is 0. The molecule has 10 heavy (non-hydrogen) atoms. The van der Waals surface area contributed by atoms with Crippen LogP contribution in [0.1, 0.15) is 0 Å². The van der Waals surface area contributed by atoms with Crippen molar-refractivity contribution in [2.45, 2.75) is 11.4 Å². The summed E-state index contributed by atoms with van der Waals surface area (Å²) in [5, 5.41) is 11.7. The summed E-state index contributed by atoms with van der Waals surface area (Å²) >= 11 is 2.66. The number of rotatable bonds is 5. The van der Waals surface area contributed by atoms with Gasteiger partial charge in [-0.05, 0) is 0 Å². The van der Waals surface area contributed by atoms with E-state index >= 15 is 0 Å². The third-order valence-electron chi connectivity index (χ3n) is 0.973. The van der Waals surface area contributed by atoms with Gasteiger partial charge in [0.1, 0.15) is 0 Å². The van der Waals surface area contributed by atoms with Crippen LogP contribution < -0.4 is 5.32 Å². The number of hydrogen-bond donors (Lipinski definition) is 2. The minimum absolute atomic E-state index is 0.475. The van der Waals surface area contributed by atoms with Gasteiger partial charge in [0.15, 0.2) is 0 Å². The van der Waals surface area contributed by atoms with Gasteiger partial charge in [0.05, 0.1) is 0 Å². The Morgan fingerprint density at radius 2 is 2.50 bits per heavy atom. The monoisotopic (exact) mass is 208 g/mol. The fourth-order valence-corrected chi connectivity index (χ4v) is 0.990. The summed E-state index contributed by atoms with van der Waals surface area (Å²) in [4.78, 5) is 10.3. The molecule has 0 aromatic rings. The summed E-state index contributed by atoms with van der Waals surface area (Å²) in [6.07, 6.45) is 1.63. The Bertz CT molecular complexity index is 127. The fourth-order valence-electron chi connectivity index (χ4n) is 0.443. The molecule has 0 rings (SSSR count). The average Bonchev–Trinajstić information content (AvgIpc) is 1.89. The molecule has 0 fully saturated rings. The Morgan fingerprint density at radius 3 is 2.80 bits per heavy atom. The molecule has 0 saturated carbocycles. The molecule has 0 heterocycles. The molecule has 0 aromatic carbocycles. The van der Waals surface area contributed by atoms with Crippen molar-refractivity contribution in [3.8, 4) is 0 Å². The predicted octanol–water partition coefficient (Wildman–Crippen LogP) is -0.198. The van der Waals surface area contributed by atoms with E-state index in [2.05, 4.69) is 27.9 Å². The van der Waals surface area contributed by atoms with Gasteiger partial charge in [0.2, 0.25) is 0 Å². The molecule has 2 N–H and O–H groups in total. The van der Waals surface area contributed by atoms with Crippen LogP contribution in [-0.4, -0.2) is 39.7 Å². The van der Waals surface area contributed by atoms with Gasteiger partial charge in [-0.25, -0.2) is 0 Å². The number of aliphatic carboxylic acids is 1. The van der Waals surface area contributed by atoms with E-state index in [-0.39, 0.29) is 0 Å². The van der Waals surface area contributed by atoms with Crippen molar-refractivity contribution in [1.29, 1.82) is 0 Å². The number of carbonyl (C=O) groups is 1.